The summed E-state index contributed by atoms with van der Waals surface area (Å²) in [4.78, 5) is 0. The van der Waals surface area contributed by atoms with Crippen LogP contribution in [0.3, 0.4) is 0 Å². The van der Waals surface area contributed by atoms with Crippen molar-refractivity contribution in [1.82, 2.24) is 15.1 Å². The Hall–Kier alpha value is -1.27. The lowest BCUT2D eigenvalue weighted by molar-refractivity contribution is 0.565. The highest BCUT2D eigenvalue weighted by Crippen LogP contribution is 2.14. The molecule has 1 aromatic heterocycles. The predicted molar refractivity (Wildman–Crippen MR) is 71.9 cm³/mol. The Morgan fingerprint density at radius 3 is 2.65 bits per heavy atom. The topological polar surface area (TPSA) is 29.9 Å². The molecule has 0 spiro atoms. The Labute approximate surface area is 105 Å². The molecular weight excluding hydrogens is 210 g/mol. The van der Waals surface area contributed by atoms with Crippen LogP contribution < -0.4 is 5.32 Å². The van der Waals surface area contributed by atoms with Gasteiger partial charge in [-0.3, -0.25) is 4.68 Å². The van der Waals surface area contributed by atoms with Crippen LogP contribution in [0.2, 0.25) is 0 Å². The zero-order valence-electron chi connectivity index (χ0n) is 11.4. The van der Waals surface area contributed by atoms with E-state index in [-0.39, 0.29) is 6.04 Å². The smallest absolute Gasteiger partial charge is 0.0690 e. The average Bonchev–Trinajstić information content (AvgIpc) is 2.55. The van der Waals surface area contributed by atoms with Crippen molar-refractivity contribution in [3.63, 3.8) is 0 Å². The molecule has 1 atom stereocenters. The molecule has 1 unspecified atom stereocenters. The molecule has 1 N–H and O–H groups in total. The molecule has 0 aliphatic heterocycles. The lowest BCUT2D eigenvalue weighted by atomic mass is 10.0. The van der Waals surface area contributed by atoms with E-state index in [0.717, 1.165) is 31.5 Å². The van der Waals surface area contributed by atoms with Crippen molar-refractivity contribution in [3.8, 4) is 12.3 Å². The Balaban J connectivity index is 2.57. The molecule has 0 aliphatic carbocycles. The number of hydrogen-bond donors (Lipinski definition) is 1. The minimum Gasteiger partial charge on any atom is -0.304 e. The van der Waals surface area contributed by atoms with Crippen LogP contribution >= 0.6 is 0 Å². The maximum Gasteiger partial charge on any atom is 0.0690 e. The van der Waals surface area contributed by atoms with Gasteiger partial charge >= 0.3 is 0 Å². The molecule has 1 rings (SSSR count). The highest BCUT2D eigenvalue weighted by atomic mass is 15.3. The van der Waals surface area contributed by atoms with Gasteiger partial charge in [-0.2, -0.15) is 5.10 Å². The van der Waals surface area contributed by atoms with E-state index >= 15 is 0 Å². The monoisotopic (exact) mass is 233 g/mol. The largest absolute Gasteiger partial charge is 0.304 e. The van der Waals surface area contributed by atoms with Gasteiger partial charge in [0, 0.05) is 12.7 Å². The van der Waals surface area contributed by atoms with E-state index in [0.29, 0.717) is 0 Å². The minimum absolute atomic E-state index is 0.175. The summed E-state index contributed by atoms with van der Waals surface area (Å²) in [5.74, 6) is 2.81. The molecule has 1 aromatic rings. The number of nitrogens with zero attached hydrogens (tertiary/aromatic N) is 2. The first-order valence-corrected chi connectivity index (χ1v) is 6.28. The molecule has 3 heteroatoms. The summed E-state index contributed by atoms with van der Waals surface area (Å²) in [5, 5.41) is 7.79. The van der Waals surface area contributed by atoms with Crippen molar-refractivity contribution in [2.75, 3.05) is 6.54 Å². The number of terminal acetylenes is 1. The number of aromatic nitrogens is 2. The molecule has 0 amide bonds. The minimum atomic E-state index is 0.175. The first-order valence-electron chi connectivity index (χ1n) is 6.28. The van der Waals surface area contributed by atoms with Gasteiger partial charge in [0.05, 0.1) is 11.7 Å². The van der Waals surface area contributed by atoms with E-state index in [4.69, 9.17) is 6.42 Å². The van der Waals surface area contributed by atoms with Gasteiger partial charge in [0.15, 0.2) is 0 Å². The van der Waals surface area contributed by atoms with Crippen LogP contribution in [-0.2, 0) is 13.5 Å². The highest BCUT2D eigenvalue weighted by Gasteiger charge is 2.11. The number of aryl methyl sites for hydroxylation is 2. The van der Waals surface area contributed by atoms with Gasteiger partial charge < -0.3 is 5.32 Å². The molecule has 0 saturated carbocycles. The summed E-state index contributed by atoms with van der Waals surface area (Å²) in [6.45, 7) is 7.31. The third-order valence-electron chi connectivity index (χ3n) is 3.18. The molecule has 1 heterocycles. The fourth-order valence-electron chi connectivity index (χ4n) is 2.03. The van der Waals surface area contributed by atoms with E-state index < -0.39 is 0 Å². The molecule has 0 radical (unpaired) electrons. The second kappa shape index (κ2) is 6.46. The predicted octanol–water partition coefficient (Wildman–Crippen LogP) is 1.97. The van der Waals surface area contributed by atoms with Gasteiger partial charge in [-0.05, 0) is 45.2 Å². The number of rotatable bonds is 6. The maximum atomic E-state index is 5.53. The summed E-state index contributed by atoms with van der Waals surface area (Å²) >= 11 is 0. The third-order valence-corrected chi connectivity index (χ3v) is 3.18. The quantitative estimate of drug-likeness (QED) is 0.761. The van der Waals surface area contributed by atoms with Gasteiger partial charge in [0.2, 0.25) is 0 Å². The first-order chi connectivity index (χ1) is 8.10. The summed E-state index contributed by atoms with van der Waals surface area (Å²) in [6.07, 6.45) is 8.61. The number of hydrogen-bond acceptors (Lipinski definition) is 2. The molecule has 17 heavy (non-hydrogen) atoms. The van der Waals surface area contributed by atoms with Crippen molar-refractivity contribution in [1.29, 1.82) is 0 Å². The third kappa shape index (κ3) is 3.61. The first kappa shape index (κ1) is 13.8. The molecular formula is C14H23N3. The molecule has 94 valence electrons. The Morgan fingerprint density at radius 1 is 1.47 bits per heavy atom. The van der Waals surface area contributed by atoms with Crippen molar-refractivity contribution >= 4 is 0 Å². The lowest BCUT2D eigenvalue weighted by Crippen LogP contribution is -2.28. The Kier molecular flexibility index (Phi) is 5.24. The van der Waals surface area contributed by atoms with Gasteiger partial charge in [-0.15, -0.1) is 6.42 Å². The molecule has 0 bridgehead atoms. The summed E-state index contributed by atoms with van der Waals surface area (Å²) in [6, 6.07) is 0.175. The fourth-order valence-corrected chi connectivity index (χ4v) is 2.03. The van der Waals surface area contributed by atoms with Crippen LogP contribution in [0.25, 0.3) is 0 Å². The van der Waals surface area contributed by atoms with E-state index in [1.165, 1.54) is 11.3 Å². The maximum absolute atomic E-state index is 5.53. The van der Waals surface area contributed by atoms with Crippen LogP contribution in [0.5, 0.6) is 0 Å². The van der Waals surface area contributed by atoms with Crippen LogP contribution in [0.4, 0.5) is 0 Å². The van der Waals surface area contributed by atoms with Crippen molar-refractivity contribution < 1.29 is 0 Å². The van der Waals surface area contributed by atoms with Crippen LogP contribution in [-0.4, -0.2) is 22.4 Å². The highest BCUT2D eigenvalue weighted by molar-refractivity contribution is 5.24. The van der Waals surface area contributed by atoms with Crippen LogP contribution in [0.1, 0.15) is 36.7 Å². The molecule has 0 aliphatic rings. The van der Waals surface area contributed by atoms with Crippen molar-refractivity contribution in [2.24, 2.45) is 7.05 Å². The Morgan fingerprint density at radius 2 is 2.18 bits per heavy atom. The SMILES string of the molecule is C#CC(CCc1c(C)nn(C)c1C)NCCC. The average molecular weight is 233 g/mol. The van der Waals surface area contributed by atoms with Crippen molar-refractivity contribution in [2.45, 2.75) is 46.1 Å². The van der Waals surface area contributed by atoms with Crippen LogP contribution in [0, 0.1) is 26.2 Å². The fraction of sp³-hybridized carbons (Fsp3) is 0.643. The standard InChI is InChI=1S/C14H23N3/c1-6-10-15-13(7-2)8-9-14-11(3)16-17(5)12(14)4/h2,13,15H,6,8-10H2,1,3-5H3. The van der Waals surface area contributed by atoms with Gasteiger partial charge in [0.25, 0.3) is 0 Å². The van der Waals surface area contributed by atoms with Gasteiger partial charge in [-0.25, -0.2) is 0 Å². The van der Waals surface area contributed by atoms with Gasteiger partial charge in [-0.1, -0.05) is 12.8 Å². The normalized spacial score (nSPS) is 12.4. The van der Waals surface area contributed by atoms with Crippen molar-refractivity contribution in [3.05, 3.63) is 17.0 Å². The molecule has 3 nitrogen and oxygen atoms in total. The van der Waals surface area contributed by atoms with E-state index in [1.807, 2.05) is 11.7 Å². The number of nitrogens with one attached hydrogen (secondary N) is 1. The Bertz CT molecular complexity index is 398. The summed E-state index contributed by atoms with van der Waals surface area (Å²) in [7, 11) is 1.99. The summed E-state index contributed by atoms with van der Waals surface area (Å²) < 4.78 is 1.94. The molecule has 0 aromatic carbocycles. The molecule has 0 fully saturated rings. The zero-order chi connectivity index (χ0) is 12.8. The molecule has 0 saturated heterocycles. The second-order valence-electron chi connectivity index (χ2n) is 4.49. The van der Waals surface area contributed by atoms with E-state index in [9.17, 15) is 0 Å². The summed E-state index contributed by atoms with van der Waals surface area (Å²) in [5.41, 5.74) is 3.70. The van der Waals surface area contributed by atoms with E-state index in [1.54, 1.807) is 0 Å². The van der Waals surface area contributed by atoms with Crippen LogP contribution in [0.15, 0.2) is 0 Å². The van der Waals surface area contributed by atoms with E-state index in [2.05, 4.69) is 37.1 Å². The lowest BCUT2D eigenvalue weighted by Gasteiger charge is -2.12. The second-order valence-corrected chi connectivity index (χ2v) is 4.49. The zero-order valence-corrected chi connectivity index (χ0v) is 11.4. The van der Waals surface area contributed by atoms with Gasteiger partial charge in [0.1, 0.15) is 0 Å².